The van der Waals surface area contributed by atoms with Crippen molar-refractivity contribution in [1.82, 2.24) is 4.98 Å². The first-order valence-corrected chi connectivity index (χ1v) is 6.85. The van der Waals surface area contributed by atoms with Crippen molar-refractivity contribution in [1.29, 1.82) is 0 Å². The van der Waals surface area contributed by atoms with Crippen molar-refractivity contribution in [2.75, 3.05) is 0 Å². The molecule has 0 saturated carbocycles. The third-order valence-corrected chi connectivity index (χ3v) is 3.69. The van der Waals surface area contributed by atoms with Crippen LogP contribution in [-0.4, -0.2) is 4.98 Å². The molecule has 0 N–H and O–H groups in total. The van der Waals surface area contributed by atoms with Gasteiger partial charge in [-0.05, 0) is 47.5 Å². The first-order chi connectivity index (χ1) is 10.3. The van der Waals surface area contributed by atoms with Gasteiger partial charge >= 0.3 is 0 Å². The zero-order valence-corrected chi connectivity index (χ0v) is 11.3. The van der Waals surface area contributed by atoms with Crippen LogP contribution in [0.4, 0.5) is 4.39 Å². The van der Waals surface area contributed by atoms with Gasteiger partial charge in [-0.2, -0.15) is 0 Å². The van der Waals surface area contributed by atoms with Crippen LogP contribution < -0.4 is 0 Å². The molecule has 4 aromatic rings. The van der Waals surface area contributed by atoms with E-state index in [1.54, 1.807) is 12.1 Å². The lowest BCUT2D eigenvalue weighted by molar-refractivity contribution is 0.628. The van der Waals surface area contributed by atoms with Gasteiger partial charge in [-0.3, -0.25) is 0 Å². The standard InChI is InChI=1S/C19H12FN/c20-17-8-5-13(6-9-17)14-7-10-19-16(11-14)12-15-3-1-2-4-18(15)21-19/h1-12H. The average Bonchev–Trinajstić information content (AvgIpc) is 2.53. The quantitative estimate of drug-likeness (QED) is 0.435. The molecule has 21 heavy (non-hydrogen) atoms. The average molecular weight is 273 g/mol. The summed E-state index contributed by atoms with van der Waals surface area (Å²) in [6.45, 7) is 0. The summed E-state index contributed by atoms with van der Waals surface area (Å²) in [4.78, 5) is 4.67. The van der Waals surface area contributed by atoms with E-state index in [1.165, 1.54) is 12.1 Å². The molecule has 0 unspecified atom stereocenters. The highest BCUT2D eigenvalue weighted by Gasteiger charge is 2.03. The summed E-state index contributed by atoms with van der Waals surface area (Å²) in [5.41, 5.74) is 4.05. The molecule has 1 aromatic heterocycles. The van der Waals surface area contributed by atoms with Crippen LogP contribution in [0.25, 0.3) is 32.9 Å². The Labute approximate surface area is 121 Å². The normalized spacial score (nSPS) is 11.1. The molecule has 0 saturated heterocycles. The number of nitrogens with zero attached hydrogens (tertiary/aromatic N) is 1. The Morgan fingerprint density at radius 3 is 2.19 bits per heavy atom. The highest BCUT2D eigenvalue weighted by molar-refractivity contribution is 5.94. The SMILES string of the molecule is Fc1ccc(-c2ccc3nc4ccccc4cc3c2)cc1. The Bertz CT molecular complexity index is 942. The summed E-state index contributed by atoms with van der Waals surface area (Å²) in [6.07, 6.45) is 0. The molecule has 0 radical (unpaired) electrons. The van der Waals surface area contributed by atoms with Crippen molar-refractivity contribution >= 4 is 21.8 Å². The Hall–Kier alpha value is -2.74. The number of hydrogen-bond donors (Lipinski definition) is 0. The van der Waals surface area contributed by atoms with Crippen molar-refractivity contribution in [2.45, 2.75) is 0 Å². The minimum Gasteiger partial charge on any atom is -0.248 e. The topological polar surface area (TPSA) is 12.9 Å². The molecule has 0 aliphatic carbocycles. The summed E-state index contributed by atoms with van der Waals surface area (Å²) >= 11 is 0. The van der Waals surface area contributed by atoms with Gasteiger partial charge in [0.2, 0.25) is 0 Å². The molecule has 4 rings (SSSR count). The van der Waals surface area contributed by atoms with Crippen LogP contribution >= 0.6 is 0 Å². The van der Waals surface area contributed by atoms with Gasteiger partial charge in [0.25, 0.3) is 0 Å². The van der Waals surface area contributed by atoms with Gasteiger partial charge in [-0.25, -0.2) is 9.37 Å². The number of fused-ring (bicyclic) bond motifs is 2. The van der Waals surface area contributed by atoms with Gasteiger partial charge in [0.1, 0.15) is 5.82 Å². The lowest BCUT2D eigenvalue weighted by Crippen LogP contribution is -1.84. The molecule has 0 spiro atoms. The molecular weight excluding hydrogens is 261 g/mol. The molecular formula is C19H12FN. The third-order valence-electron chi connectivity index (χ3n) is 3.69. The Morgan fingerprint density at radius 1 is 0.619 bits per heavy atom. The molecule has 0 aliphatic heterocycles. The lowest BCUT2D eigenvalue weighted by Gasteiger charge is -2.05. The second-order valence-electron chi connectivity index (χ2n) is 5.10. The molecule has 100 valence electrons. The fourth-order valence-electron chi connectivity index (χ4n) is 2.60. The molecule has 1 nitrogen and oxygen atoms in total. The molecule has 0 amide bonds. The van der Waals surface area contributed by atoms with E-state index < -0.39 is 0 Å². The van der Waals surface area contributed by atoms with E-state index in [0.717, 1.165) is 32.9 Å². The van der Waals surface area contributed by atoms with Crippen LogP contribution in [0.5, 0.6) is 0 Å². The van der Waals surface area contributed by atoms with Crippen LogP contribution in [0.3, 0.4) is 0 Å². The van der Waals surface area contributed by atoms with Crippen molar-refractivity contribution in [3.8, 4) is 11.1 Å². The number of pyridine rings is 1. The van der Waals surface area contributed by atoms with E-state index in [1.807, 2.05) is 30.3 Å². The zero-order chi connectivity index (χ0) is 14.2. The highest BCUT2D eigenvalue weighted by atomic mass is 19.1. The maximum absolute atomic E-state index is 13.0. The maximum atomic E-state index is 13.0. The summed E-state index contributed by atoms with van der Waals surface area (Å²) < 4.78 is 13.0. The zero-order valence-electron chi connectivity index (χ0n) is 11.3. The molecule has 1 heterocycles. The Morgan fingerprint density at radius 2 is 1.33 bits per heavy atom. The molecule has 0 bridgehead atoms. The highest BCUT2D eigenvalue weighted by Crippen LogP contribution is 2.26. The van der Waals surface area contributed by atoms with Crippen LogP contribution in [0, 0.1) is 5.82 Å². The van der Waals surface area contributed by atoms with E-state index >= 15 is 0 Å². The maximum Gasteiger partial charge on any atom is 0.123 e. The van der Waals surface area contributed by atoms with Crippen molar-refractivity contribution in [3.05, 3.63) is 78.6 Å². The Balaban J connectivity index is 1.92. The molecule has 0 aliphatic rings. The molecule has 3 aromatic carbocycles. The number of para-hydroxylation sites is 1. The van der Waals surface area contributed by atoms with Crippen LogP contribution in [0.1, 0.15) is 0 Å². The van der Waals surface area contributed by atoms with E-state index in [2.05, 4.69) is 23.2 Å². The summed E-state index contributed by atoms with van der Waals surface area (Å²) in [7, 11) is 0. The number of halogens is 1. The van der Waals surface area contributed by atoms with E-state index in [0.29, 0.717) is 0 Å². The number of rotatable bonds is 1. The third kappa shape index (κ3) is 2.15. The second-order valence-corrected chi connectivity index (χ2v) is 5.10. The van der Waals surface area contributed by atoms with E-state index in [4.69, 9.17) is 0 Å². The summed E-state index contributed by atoms with van der Waals surface area (Å²) in [6, 6.07) is 22.9. The molecule has 0 fully saturated rings. The lowest BCUT2D eigenvalue weighted by atomic mass is 10.0. The molecule has 0 atom stereocenters. The second kappa shape index (κ2) is 4.67. The van der Waals surface area contributed by atoms with Crippen LogP contribution in [0.15, 0.2) is 72.8 Å². The first kappa shape index (κ1) is 12.0. The van der Waals surface area contributed by atoms with Gasteiger partial charge in [0, 0.05) is 10.8 Å². The predicted molar refractivity (Wildman–Crippen MR) is 84.6 cm³/mol. The van der Waals surface area contributed by atoms with Crippen molar-refractivity contribution in [2.24, 2.45) is 0 Å². The summed E-state index contributed by atoms with van der Waals surface area (Å²) in [5, 5.41) is 2.22. The van der Waals surface area contributed by atoms with Gasteiger partial charge in [0.15, 0.2) is 0 Å². The van der Waals surface area contributed by atoms with Crippen molar-refractivity contribution in [3.63, 3.8) is 0 Å². The van der Waals surface area contributed by atoms with Gasteiger partial charge in [-0.1, -0.05) is 36.4 Å². The minimum atomic E-state index is -0.216. The predicted octanol–water partition coefficient (Wildman–Crippen LogP) is 5.19. The largest absolute Gasteiger partial charge is 0.248 e. The Kier molecular flexibility index (Phi) is 2.68. The number of benzene rings is 3. The minimum absolute atomic E-state index is 0.216. The van der Waals surface area contributed by atoms with Crippen molar-refractivity contribution < 1.29 is 4.39 Å². The number of hydrogen-bond acceptors (Lipinski definition) is 1. The van der Waals surface area contributed by atoms with Crippen LogP contribution in [-0.2, 0) is 0 Å². The smallest absolute Gasteiger partial charge is 0.123 e. The first-order valence-electron chi connectivity index (χ1n) is 6.85. The molecule has 2 heteroatoms. The fraction of sp³-hybridized carbons (Fsp3) is 0. The number of aromatic nitrogens is 1. The summed E-state index contributed by atoms with van der Waals surface area (Å²) in [5.74, 6) is -0.216. The van der Waals surface area contributed by atoms with Gasteiger partial charge in [0.05, 0.1) is 11.0 Å². The monoisotopic (exact) mass is 273 g/mol. The van der Waals surface area contributed by atoms with Crippen LogP contribution in [0.2, 0.25) is 0 Å². The van der Waals surface area contributed by atoms with E-state index in [-0.39, 0.29) is 5.82 Å². The van der Waals surface area contributed by atoms with Gasteiger partial charge in [-0.15, -0.1) is 0 Å². The fourth-order valence-corrected chi connectivity index (χ4v) is 2.60. The van der Waals surface area contributed by atoms with E-state index in [9.17, 15) is 4.39 Å². The van der Waals surface area contributed by atoms with Gasteiger partial charge < -0.3 is 0 Å².